The van der Waals surface area contributed by atoms with Crippen molar-refractivity contribution in [1.29, 1.82) is 0 Å². The molecule has 0 aliphatic carbocycles. The molecule has 0 heterocycles. The van der Waals surface area contributed by atoms with Crippen molar-refractivity contribution in [2.75, 3.05) is 5.32 Å². The van der Waals surface area contributed by atoms with E-state index in [1.807, 2.05) is 18.2 Å². The van der Waals surface area contributed by atoms with E-state index in [9.17, 15) is 10.1 Å². The number of nitrogens with zero attached hydrogens (tertiary/aromatic N) is 1. The van der Waals surface area contributed by atoms with Gasteiger partial charge in [-0.05, 0) is 42.7 Å². The molecular weight excluding hydrogens is 332 g/mol. The maximum absolute atomic E-state index is 11.0. The highest BCUT2D eigenvalue weighted by molar-refractivity contribution is 9.10. The summed E-state index contributed by atoms with van der Waals surface area (Å²) in [6, 6.07) is 11.3. The molecule has 5 heteroatoms. The molecule has 0 aliphatic rings. The van der Waals surface area contributed by atoms with E-state index in [1.54, 1.807) is 13.0 Å². The second-order valence-electron chi connectivity index (χ2n) is 4.83. The summed E-state index contributed by atoms with van der Waals surface area (Å²) in [5.41, 5.74) is 4.10. The molecule has 4 nitrogen and oxygen atoms in total. The molecule has 21 heavy (non-hydrogen) atoms. The Morgan fingerprint density at radius 2 is 2.00 bits per heavy atom. The van der Waals surface area contributed by atoms with E-state index in [0.29, 0.717) is 12.1 Å². The highest BCUT2D eigenvalue weighted by Crippen LogP contribution is 2.25. The van der Waals surface area contributed by atoms with Gasteiger partial charge in [-0.25, -0.2) is 0 Å². The molecule has 0 saturated carbocycles. The Balaban J connectivity index is 2.21. The summed E-state index contributed by atoms with van der Waals surface area (Å²) in [7, 11) is 0. The van der Waals surface area contributed by atoms with Gasteiger partial charge in [-0.3, -0.25) is 10.1 Å². The van der Waals surface area contributed by atoms with E-state index in [1.165, 1.54) is 11.6 Å². The average molecular weight is 349 g/mol. The van der Waals surface area contributed by atoms with E-state index >= 15 is 0 Å². The number of rotatable bonds is 5. The molecule has 0 atom stereocenters. The quantitative estimate of drug-likeness (QED) is 0.621. The molecule has 0 bridgehead atoms. The minimum absolute atomic E-state index is 0.167. The number of hydrogen-bond acceptors (Lipinski definition) is 3. The predicted molar refractivity (Wildman–Crippen MR) is 88.7 cm³/mol. The lowest BCUT2D eigenvalue weighted by molar-refractivity contribution is -0.385. The molecule has 110 valence electrons. The summed E-state index contributed by atoms with van der Waals surface area (Å²) in [4.78, 5) is 10.6. The zero-order chi connectivity index (χ0) is 15.4. The van der Waals surface area contributed by atoms with Crippen LogP contribution in [0.3, 0.4) is 0 Å². The van der Waals surface area contributed by atoms with Crippen molar-refractivity contribution in [2.24, 2.45) is 0 Å². The fourth-order valence-electron chi connectivity index (χ4n) is 2.28. The van der Waals surface area contributed by atoms with Gasteiger partial charge < -0.3 is 5.32 Å². The molecule has 0 amide bonds. The molecule has 0 fully saturated rings. The van der Waals surface area contributed by atoms with Crippen molar-refractivity contribution in [3.05, 3.63) is 67.7 Å². The van der Waals surface area contributed by atoms with E-state index in [-0.39, 0.29) is 10.6 Å². The van der Waals surface area contributed by atoms with Crippen LogP contribution >= 0.6 is 15.9 Å². The van der Waals surface area contributed by atoms with Crippen molar-refractivity contribution < 1.29 is 4.92 Å². The van der Waals surface area contributed by atoms with Crippen molar-refractivity contribution in [3.63, 3.8) is 0 Å². The van der Waals surface area contributed by atoms with Crippen LogP contribution in [0.2, 0.25) is 0 Å². The normalized spacial score (nSPS) is 10.4. The van der Waals surface area contributed by atoms with Crippen molar-refractivity contribution >= 4 is 27.3 Å². The second-order valence-corrected chi connectivity index (χ2v) is 5.74. The van der Waals surface area contributed by atoms with E-state index in [2.05, 4.69) is 34.2 Å². The fourth-order valence-corrected chi connectivity index (χ4v) is 2.69. The molecule has 0 aliphatic heterocycles. The van der Waals surface area contributed by atoms with E-state index in [0.717, 1.165) is 22.1 Å². The van der Waals surface area contributed by atoms with Crippen LogP contribution in [0.5, 0.6) is 0 Å². The van der Waals surface area contributed by atoms with Crippen LogP contribution in [0.1, 0.15) is 23.6 Å². The first kappa shape index (κ1) is 15.5. The summed E-state index contributed by atoms with van der Waals surface area (Å²) >= 11 is 3.47. The minimum atomic E-state index is -0.337. The standard InChI is InChI=1S/C16H17BrN2O2/c1-3-12-9-14(17)7-8-15(12)18-10-13-5-4-6-16(11(13)2)19(20)21/h4-9,18H,3,10H2,1-2H3. The molecule has 2 aromatic carbocycles. The maximum atomic E-state index is 11.0. The predicted octanol–water partition coefficient (Wildman–Crippen LogP) is 4.84. The van der Waals surface area contributed by atoms with Gasteiger partial charge in [0.15, 0.2) is 0 Å². The number of halogens is 1. The number of nitro groups is 1. The highest BCUT2D eigenvalue weighted by Gasteiger charge is 2.13. The van der Waals surface area contributed by atoms with Gasteiger partial charge in [0.2, 0.25) is 0 Å². The Hall–Kier alpha value is -1.88. The zero-order valence-electron chi connectivity index (χ0n) is 12.0. The summed E-state index contributed by atoms with van der Waals surface area (Å²) in [6.45, 7) is 4.46. The first-order valence-corrected chi connectivity index (χ1v) is 7.57. The SMILES string of the molecule is CCc1cc(Br)ccc1NCc1cccc([N+](=O)[O-])c1C. The maximum Gasteiger partial charge on any atom is 0.272 e. The van der Waals surface area contributed by atoms with Gasteiger partial charge in [-0.15, -0.1) is 0 Å². The monoisotopic (exact) mass is 348 g/mol. The van der Waals surface area contributed by atoms with E-state index < -0.39 is 0 Å². The van der Waals surface area contributed by atoms with Crippen LogP contribution in [-0.2, 0) is 13.0 Å². The van der Waals surface area contributed by atoms with Crippen LogP contribution in [0, 0.1) is 17.0 Å². The third kappa shape index (κ3) is 3.61. The lowest BCUT2D eigenvalue weighted by atomic mass is 10.1. The minimum Gasteiger partial charge on any atom is -0.381 e. The molecule has 0 spiro atoms. The number of anilines is 1. The van der Waals surface area contributed by atoms with Gasteiger partial charge >= 0.3 is 0 Å². The van der Waals surface area contributed by atoms with Crippen molar-refractivity contribution in [3.8, 4) is 0 Å². The number of hydrogen-bond donors (Lipinski definition) is 1. The molecule has 2 aromatic rings. The summed E-state index contributed by atoms with van der Waals surface area (Å²) in [6.07, 6.45) is 0.926. The first-order valence-electron chi connectivity index (χ1n) is 6.78. The Kier molecular flexibility index (Phi) is 4.96. The molecule has 0 unspecified atom stereocenters. The van der Waals surface area contributed by atoms with Gasteiger partial charge in [-0.1, -0.05) is 35.0 Å². The van der Waals surface area contributed by atoms with Gasteiger partial charge in [0.1, 0.15) is 0 Å². The third-order valence-electron chi connectivity index (χ3n) is 3.53. The number of benzene rings is 2. The van der Waals surface area contributed by atoms with Crippen LogP contribution in [0.4, 0.5) is 11.4 Å². The highest BCUT2D eigenvalue weighted by atomic mass is 79.9. The van der Waals surface area contributed by atoms with E-state index in [4.69, 9.17) is 0 Å². The summed E-state index contributed by atoms with van der Waals surface area (Å²) in [5.74, 6) is 0. The summed E-state index contributed by atoms with van der Waals surface area (Å²) in [5, 5.41) is 14.3. The fraction of sp³-hybridized carbons (Fsp3) is 0.250. The largest absolute Gasteiger partial charge is 0.381 e. The van der Waals surface area contributed by atoms with Crippen LogP contribution in [-0.4, -0.2) is 4.92 Å². The lowest BCUT2D eigenvalue weighted by Crippen LogP contribution is -2.05. The third-order valence-corrected chi connectivity index (χ3v) is 4.02. The zero-order valence-corrected chi connectivity index (χ0v) is 13.6. The molecule has 2 rings (SSSR count). The second kappa shape index (κ2) is 6.72. The van der Waals surface area contributed by atoms with Gasteiger partial charge in [0, 0.05) is 28.3 Å². The van der Waals surface area contributed by atoms with Crippen LogP contribution in [0.25, 0.3) is 0 Å². The smallest absolute Gasteiger partial charge is 0.272 e. The summed E-state index contributed by atoms with van der Waals surface area (Å²) < 4.78 is 1.05. The Labute approximate surface area is 132 Å². The van der Waals surface area contributed by atoms with Gasteiger partial charge in [0.25, 0.3) is 5.69 Å². The van der Waals surface area contributed by atoms with Crippen molar-refractivity contribution in [2.45, 2.75) is 26.8 Å². The van der Waals surface area contributed by atoms with Crippen LogP contribution in [0.15, 0.2) is 40.9 Å². The number of nitrogens with one attached hydrogen (secondary N) is 1. The number of aryl methyl sites for hydroxylation is 1. The first-order chi connectivity index (χ1) is 10.0. The lowest BCUT2D eigenvalue weighted by Gasteiger charge is -2.13. The Morgan fingerprint density at radius 1 is 1.24 bits per heavy atom. The average Bonchev–Trinajstić information content (AvgIpc) is 2.46. The molecule has 1 N–H and O–H groups in total. The molecule has 0 saturated heterocycles. The molecule has 0 aromatic heterocycles. The number of nitro benzene ring substituents is 1. The van der Waals surface area contributed by atoms with Crippen molar-refractivity contribution in [1.82, 2.24) is 0 Å². The van der Waals surface area contributed by atoms with Gasteiger partial charge in [0.05, 0.1) is 4.92 Å². The molecule has 0 radical (unpaired) electrons. The molecular formula is C16H17BrN2O2. The van der Waals surface area contributed by atoms with Crippen LogP contribution < -0.4 is 5.32 Å². The van der Waals surface area contributed by atoms with Gasteiger partial charge in [-0.2, -0.15) is 0 Å². The topological polar surface area (TPSA) is 55.2 Å². The Morgan fingerprint density at radius 3 is 2.67 bits per heavy atom. The Bertz CT molecular complexity index is 671.